The molecule has 6 nitrogen and oxygen atoms in total. The van der Waals surface area contributed by atoms with Crippen molar-refractivity contribution in [3.8, 4) is 0 Å². The fraction of sp³-hybridized carbons (Fsp3) is 0.200. The molecule has 1 aliphatic rings. The predicted molar refractivity (Wildman–Crippen MR) is 76.7 cm³/mol. The van der Waals surface area contributed by atoms with E-state index >= 15 is 0 Å². The van der Waals surface area contributed by atoms with E-state index in [9.17, 15) is 9.59 Å². The van der Waals surface area contributed by atoms with E-state index in [1.54, 1.807) is 4.90 Å². The lowest BCUT2D eigenvalue weighted by atomic mass is 10.2. The third kappa shape index (κ3) is 2.74. The summed E-state index contributed by atoms with van der Waals surface area (Å²) in [6.07, 6.45) is 4.39. The van der Waals surface area contributed by atoms with Crippen LogP contribution < -0.4 is 4.90 Å². The summed E-state index contributed by atoms with van der Waals surface area (Å²) in [7, 11) is 0. The topological polar surface area (TPSA) is 66.4 Å². The number of aromatic nitrogens is 2. The molecule has 2 amide bonds. The van der Waals surface area contributed by atoms with Crippen LogP contribution in [0.15, 0.2) is 48.9 Å². The summed E-state index contributed by atoms with van der Waals surface area (Å²) in [5.41, 5.74) is 1.12. The molecule has 3 rings (SSSR count). The minimum absolute atomic E-state index is 0.0598. The van der Waals surface area contributed by atoms with Crippen LogP contribution in [0.4, 0.5) is 5.69 Å². The van der Waals surface area contributed by atoms with Gasteiger partial charge in [0.2, 0.25) is 5.91 Å². The molecule has 0 spiro atoms. The molecule has 0 bridgehead atoms. The van der Waals surface area contributed by atoms with Crippen molar-refractivity contribution >= 4 is 17.5 Å². The molecule has 1 aromatic heterocycles. The molecule has 0 N–H and O–H groups in total. The molecule has 0 radical (unpaired) electrons. The van der Waals surface area contributed by atoms with Gasteiger partial charge in [0.05, 0.1) is 6.20 Å². The Bertz CT molecular complexity index is 645. The standard InChI is InChI=1S/C15H14N4O2/c20-14-11-18(15(21)13-10-16-6-7-17-13)8-9-19(14)12-4-2-1-3-5-12/h1-7,10H,8-9,11H2. The normalized spacial score (nSPS) is 15.1. The lowest BCUT2D eigenvalue weighted by molar-refractivity contribution is -0.120. The fourth-order valence-corrected chi connectivity index (χ4v) is 2.30. The zero-order valence-electron chi connectivity index (χ0n) is 11.3. The maximum Gasteiger partial charge on any atom is 0.274 e. The van der Waals surface area contributed by atoms with Crippen LogP contribution in [-0.4, -0.2) is 46.3 Å². The van der Waals surface area contributed by atoms with E-state index in [-0.39, 0.29) is 24.1 Å². The molecule has 0 atom stereocenters. The number of nitrogens with zero attached hydrogens (tertiary/aromatic N) is 4. The van der Waals surface area contributed by atoms with E-state index in [2.05, 4.69) is 9.97 Å². The minimum atomic E-state index is -0.260. The Kier molecular flexibility index (Phi) is 3.59. The number of para-hydroxylation sites is 1. The van der Waals surface area contributed by atoms with E-state index in [4.69, 9.17) is 0 Å². The van der Waals surface area contributed by atoms with Crippen molar-refractivity contribution in [2.24, 2.45) is 0 Å². The Hall–Kier alpha value is -2.76. The van der Waals surface area contributed by atoms with E-state index in [0.29, 0.717) is 13.1 Å². The Labute approximate surface area is 122 Å². The van der Waals surface area contributed by atoms with E-state index in [1.165, 1.54) is 23.5 Å². The van der Waals surface area contributed by atoms with Gasteiger partial charge < -0.3 is 9.80 Å². The molecular formula is C15H14N4O2. The Morgan fingerprint density at radius 2 is 1.90 bits per heavy atom. The van der Waals surface area contributed by atoms with E-state index < -0.39 is 0 Å². The first kappa shape index (κ1) is 13.2. The SMILES string of the molecule is O=C(c1cnccn1)N1CCN(c2ccccc2)C(=O)C1. The number of hydrogen-bond donors (Lipinski definition) is 0. The summed E-state index contributed by atoms with van der Waals surface area (Å²) in [6.45, 7) is 1.02. The first-order chi connectivity index (χ1) is 10.3. The van der Waals surface area contributed by atoms with Gasteiger partial charge in [0.1, 0.15) is 12.2 Å². The first-order valence-electron chi connectivity index (χ1n) is 6.66. The van der Waals surface area contributed by atoms with Gasteiger partial charge in [0.25, 0.3) is 5.91 Å². The zero-order chi connectivity index (χ0) is 14.7. The first-order valence-corrected chi connectivity index (χ1v) is 6.66. The molecule has 2 aromatic rings. The molecule has 2 heterocycles. The largest absolute Gasteiger partial charge is 0.326 e. The summed E-state index contributed by atoms with van der Waals surface area (Å²) in [5, 5.41) is 0. The lowest BCUT2D eigenvalue weighted by Gasteiger charge is -2.34. The van der Waals surface area contributed by atoms with Crippen molar-refractivity contribution in [3.05, 3.63) is 54.6 Å². The predicted octanol–water partition coefficient (Wildman–Crippen LogP) is 0.966. The molecule has 1 saturated heterocycles. The van der Waals surface area contributed by atoms with Crippen LogP contribution >= 0.6 is 0 Å². The number of piperazine rings is 1. The van der Waals surface area contributed by atoms with Crippen LogP contribution in [0.3, 0.4) is 0 Å². The van der Waals surface area contributed by atoms with Crippen LogP contribution in [-0.2, 0) is 4.79 Å². The van der Waals surface area contributed by atoms with Gasteiger partial charge in [-0.25, -0.2) is 4.98 Å². The summed E-state index contributed by atoms with van der Waals surface area (Å²) in [5.74, 6) is -0.353. The van der Waals surface area contributed by atoms with Crippen molar-refractivity contribution in [1.82, 2.24) is 14.9 Å². The average molecular weight is 282 g/mol. The van der Waals surface area contributed by atoms with Gasteiger partial charge in [-0.2, -0.15) is 0 Å². The minimum Gasteiger partial charge on any atom is -0.326 e. The van der Waals surface area contributed by atoms with Gasteiger partial charge in [-0.1, -0.05) is 18.2 Å². The Morgan fingerprint density at radius 1 is 1.10 bits per heavy atom. The quantitative estimate of drug-likeness (QED) is 0.823. The van der Waals surface area contributed by atoms with Crippen LogP contribution in [0.25, 0.3) is 0 Å². The monoisotopic (exact) mass is 282 g/mol. The molecule has 6 heteroatoms. The summed E-state index contributed by atoms with van der Waals surface area (Å²) < 4.78 is 0. The van der Waals surface area contributed by atoms with E-state index in [0.717, 1.165) is 5.69 Å². The van der Waals surface area contributed by atoms with Gasteiger partial charge in [-0.3, -0.25) is 14.6 Å². The molecule has 106 valence electrons. The number of rotatable bonds is 2. The maximum atomic E-state index is 12.2. The average Bonchev–Trinajstić information content (AvgIpc) is 2.55. The van der Waals surface area contributed by atoms with Crippen LogP contribution in [0.5, 0.6) is 0 Å². The summed E-state index contributed by atoms with van der Waals surface area (Å²) >= 11 is 0. The second-order valence-corrected chi connectivity index (χ2v) is 4.70. The van der Waals surface area contributed by atoms with E-state index in [1.807, 2.05) is 30.3 Å². The maximum absolute atomic E-state index is 12.2. The number of carbonyl (C=O) groups is 2. The summed E-state index contributed by atoms with van der Waals surface area (Å²) in [4.78, 5) is 35.5. The van der Waals surface area contributed by atoms with Gasteiger partial charge in [-0.05, 0) is 12.1 Å². The molecule has 0 unspecified atom stereocenters. The highest BCUT2D eigenvalue weighted by molar-refractivity contribution is 6.00. The second kappa shape index (κ2) is 5.70. The zero-order valence-corrected chi connectivity index (χ0v) is 11.3. The lowest BCUT2D eigenvalue weighted by Crippen LogP contribution is -2.52. The number of hydrogen-bond acceptors (Lipinski definition) is 4. The highest BCUT2D eigenvalue weighted by atomic mass is 16.2. The molecule has 0 aliphatic carbocycles. The molecule has 21 heavy (non-hydrogen) atoms. The smallest absolute Gasteiger partial charge is 0.274 e. The van der Waals surface area contributed by atoms with Crippen molar-refractivity contribution in [1.29, 1.82) is 0 Å². The third-order valence-corrected chi connectivity index (χ3v) is 3.36. The van der Waals surface area contributed by atoms with Crippen molar-refractivity contribution in [2.45, 2.75) is 0 Å². The van der Waals surface area contributed by atoms with Crippen LogP contribution in [0.2, 0.25) is 0 Å². The van der Waals surface area contributed by atoms with Crippen LogP contribution in [0, 0.1) is 0 Å². The molecule has 1 aliphatic heterocycles. The van der Waals surface area contributed by atoms with Gasteiger partial charge in [0.15, 0.2) is 0 Å². The highest BCUT2D eigenvalue weighted by Crippen LogP contribution is 2.17. The molecule has 1 fully saturated rings. The van der Waals surface area contributed by atoms with Crippen LogP contribution in [0.1, 0.15) is 10.5 Å². The van der Waals surface area contributed by atoms with Crippen molar-refractivity contribution < 1.29 is 9.59 Å². The third-order valence-electron chi connectivity index (χ3n) is 3.36. The molecule has 0 saturated carbocycles. The second-order valence-electron chi connectivity index (χ2n) is 4.70. The molecule has 1 aromatic carbocycles. The van der Waals surface area contributed by atoms with Crippen molar-refractivity contribution in [3.63, 3.8) is 0 Å². The Balaban J connectivity index is 1.72. The van der Waals surface area contributed by atoms with Gasteiger partial charge >= 0.3 is 0 Å². The molecular weight excluding hydrogens is 268 g/mol. The van der Waals surface area contributed by atoms with Gasteiger partial charge in [0, 0.05) is 31.2 Å². The fourth-order valence-electron chi connectivity index (χ4n) is 2.30. The van der Waals surface area contributed by atoms with Crippen molar-refractivity contribution in [2.75, 3.05) is 24.5 Å². The number of carbonyl (C=O) groups excluding carboxylic acids is 2. The highest BCUT2D eigenvalue weighted by Gasteiger charge is 2.28. The summed E-state index contributed by atoms with van der Waals surface area (Å²) in [6, 6.07) is 9.46. The number of anilines is 1. The Morgan fingerprint density at radius 3 is 2.57 bits per heavy atom. The van der Waals surface area contributed by atoms with Gasteiger partial charge in [-0.15, -0.1) is 0 Å². The number of amides is 2. The number of benzene rings is 1.